The molecule has 0 aliphatic carbocycles. The Hall–Kier alpha value is -2.83. The molecule has 2 aromatic carbocycles. The highest BCUT2D eigenvalue weighted by atomic mass is 19.4. The molecule has 0 unspecified atom stereocenters. The molecule has 0 bridgehead atoms. The third-order valence-electron chi connectivity index (χ3n) is 5.10. The second-order valence-corrected chi connectivity index (χ2v) is 7.14. The molecular formula is C22H23F3N2O2. The van der Waals surface area contributed by atoms with E-state index in [1.54, 1.807) is 12.1 Å². The molecule has 154 valence electrons. The van der Waals surface area contributed by atoms with Gasteiger partial charge in [0.2, 0.25) is 0 Å². The van der Waals surface area contributed by atoms with E-state index in [0.717, 1.165) is 42.0 Å². The molecule has 7 heteroatoms. The van der Waals surface area contributed by atoms with Crippen molar-refractivity contribution in [1.82, 2.24) is 4.90 Å². The number of carbonyl (C=O) groups excluding carboxylic acids is 1. The van der Waals surface area contributed by atoms with Crippen LogP contribution >= 0.6 is 0 Å². The number of halogens is 3. The lowest BCUT2D eigenvalue weighted by Crippen LogP contribution is -2.16. The summed E-state index contributed by atoms with van der Waals surface area (Å²) in [5, 5.41) is 0. The highest BCUT2D eigenvalue weighted by molar-refractivity contribution is 5.92. The van der Waals surface area contributed by atoms with Gasteiger partial charge in [0.1, 0.15) is 6.61 Å². The maximum atomic E-state index is 12.8. The van der Waals surface area contributed by atoms with Gasteiger partial charge in [0.05, 0.1) is 23.2 Å². The minimum atomic E-state index is -4.43. The fourth-order valence-electron chi connectivity index (χ4n) is 3.23. The van der Waals surface area contributed by atoms with Crippen LogP contribution < -0.4 is 0 Å². The van der Waals surface area contributed by atoms with Gasteiger partial charge in [-0.15, -0.1) is 0 Å². The van der Waals surface area contributed by atoms with Gasteiger partial charge in [-0.05, 0) is 67.6 Å². The predicted molar refractivity (Wildman–Crippen MR) is 105 cm³/mol. The number of hydrogen-bond acceptors (Lipinski definition) is 3. The molecular weight excluding hydrogens is 381 g/mol. The highest BCUT2D eigenvalue weighted by Crippen LogP contribution is 2.30. The summed E-state index contributed by atoms with van der Waals surface area (Å²) in [6.45, 7) is 5.47. The molecule has 2 aromatic rings. The van der Waals surface area contributed by atoms with Crippen LogP contribution in [0.1, 0.15) is 45.5 Å². The van der Waals surface area contributed by atoms with Crippen molar-refractivity contribution in [2.24, 2.45) is 4.99 Å². The zero-order valence-corrected chi connectivity index (χ0v) is 16.4. The number of hydrogen-bond donors (Lipinski definition) is 0. The third kappa shape index (κ3) is 5.16. The van der Waals surface area contributed by atoms with Gasteiger partial charge in [-0.25, -0.2) is 9.79 Å². The first-order valence-corrected chi connectivity index (χ1v) is 9.47. The predicted octanol–water partition coefficient (Wildman–Crippen LogP) is 5.43. The number of nitrogens with zero attached hydrogens (tertiary/aromatic N) is 2. The van der Waals surface area contributed by atoms with Crippen molar-refractivity contribution < 1.29 is 22.7 Å². The molecule has 1 heterocycles. The van der Waals surface area contributed by atoms with Crippen molar-refractivity contribution in [3.8, 4) is 0 Å². The molecule has 0 amide bonds. The SMILES string of the molecule is Cc1c(N=CN2CCCC2)ccc(C(=O)OCc2cccc(C(F)(F)F)c2)c1C. The molecule has 0 aromatic heterocycles. The van der Waals surface area contributed by atoms with Gasteiger partial charge in [-0.3, -0.25) is 0 Å². The summed E-state index contributed by atoms with van der Waals surface area (Å²) in [6.07, 6.45) is -0.263. The molecule has 1 aliphatic heterocycles. The third-order valence-corrected chi connectivity index (χ3v) is 5.10. The summed E-state index contributed by atoms with van der Waals surface area (Å²) < 4.78 is 43.7. The molecule has 0 radical (unpaired) electrons. The van der Waals surface area contributed by atoms with Crippen LogP contribution in [0, 0.1) is 13.8 Å². The molecule has 1 fully saturated rings. The Morgan fingerprint density at radius 2 is 1.86 bits per heavy atom. The monoisotopic (exact) mass is 404 g/mol. The smallest absolute Gasteiger partial charge is 0.416 e. The number of ether oxygens (including phenoxy) is 1. The molecule has 4 nitrogen and oxygen atoms in total. The van der Waals surface area contributed by atoms with E-state index in [9.17, 15) is 18.0 Å². The maximum Gasteiger partial charge on any atom is 0.416 e. The Morgan fingerprint density at radius 3 is 2.55 bits per heavy atom. The molecule has 1 aliphatic rings. The number of likely N-dealkylation sites (tertiary alicyclic amines) is 1. The van der Waals surface area contributed by atoms with Crippen LogP contribution in [0.3, 0.4) is 0 Å². The minimum absolute atomic E-state index is 0.226. The normalized spacial score (nSPS) is 14.6. The molecule has 0 N–H and O–H groups in total. The zero-order valence-electron chi connectivity index (χ0n) is 16.4. The van der Waals surface area contributed by atoms with E-state index in [1.807, 2.05) is 20.2 Å². The fourth-order valence-corrected chi connectivity index (χ4v) is 3.23. The van der Waals surface area contributed by atoms with Crippen molar-refractivity contribution in [2.45, 2.75) is 39.5 Å². The van der Waals surface area contributed by atoms with Crippen molar-refractivity contribution in [3.05, 3.63) is 64.2 Å². The molecule has 29 heavy (non-hydrogen) atoms. The summed E-state index contributed by atoms with van der Waals surface area (Å²) in [6, 6.07) is 8.18. The standard InChI is InChI=1S/C22H23F3N2O2/c1-15-16(2)20(26-14-27-10-3-4-11-27)9-8-19(15)21(28)29-13-17-6-5-7-18(12-17)22(23,24)25/h5-9,12,14H,3-4,10-11,13H2,1-2H3. The lowest BCUT2D eigenvalue weighted by atomic mass is 10.0. The van der Waals surface area contributed by atoms with Gasteiger partial charge in [0, 0.05) is 13.1 Å². The first kappa shape index (κ1) is 20.9. The van der Waals surface area contributed by atoms with Crippen LogP contribution in [0.25, 0.3) is 0 Å². The Balaban J connectivity index is 1.69. The largest absolute Gasteiger partial charge is 0.457 e. The highest BCUT2D eigenvalue weighted by Gasteiger charge is 2.30. The second kappa shape index (κ2) is 8.68. The Bertz CT molecular complexity index is 917. The van der Waals surface area contributed by atoms with Crippen LogP contribution in [0.2, 0.25) is 0 Å². The van der Waals surface area contributed by atoms with Gasteiger partial charge >= 0.3 is 12.1 Å². The topological polar surface area (TPSA) is 41.9 Å². The van der Waals surface area contributed by atoms with Gasteiger partial charge in [-0.2, -0.15) is 13.2 Å². The van der Waals surface area contributed by atoms with E-state index in [-0.39, 0.29) is 12.2 Å². The van der Waals surface area contributed by atoms with E-state index in [1.165, 1.54) is 25.0 Å². The lowest BCUT2D eigenvalue weighted by Gasteiger charge is -2.13. The number of carbonyl (C=O) groups is 1. The van der Waals surface area contributed by atoms with E-state index in [2.05, 4.69) is 9.89 Å². The molecule has 0 spiro atoms. The maximum absolute atomic E-state index is 12.8. The first-order valence-electron chi connectivity index (χ1n) is 9.47. The number of rotatable bonds is 5. The van der Waals surface area contributed by atoms with Gasteiger partial charge in [0.25, 0.3) is 0 Å². The summed E-state index contributed by atoms with van der Waals surface area (Å²) >= 11 is 0. The van der Waals surface area contributed by atoms with Crippen LogP contribution in [0.5, 0.6) is 0 Å². The zero-order chi connectivity index (χ0) is 21.0. The molecule has 0 atom stereocenters. The molecule has 0 saturated carbocycles. The summed E-state index contributed by atoms with van der Waals surface area (Å²) in [5.74, 6) is -0.571. The lowest BCUT2D eigenvalue weighted by molar-refractivity contribution is -0.137. The summed E-state index contributed by atoms with van der Waals surface area (Å²) in [4.78, 5) is 19.1. The van der Waals surface area contributed by atoms with E-state index in [0.29, 0.717) is 5.56 Å². The van der Waals surface area contributed by atoms with Crippen LogP contribution in [-0.4, -0.2) is 30.3 Å². The Kier molecular flexibility index (Phi) is 6.25. The average Bonchev–Trinajstić information content (AvgIpc) is 3.20. The van der Waals surface area contributed by atoms with Gasteiger partial charge in [-0.1, -0.05) is 12.1 Å². The van der Waals surface area contributed by atoms with E-state index >= 15 is 0 Å². The quantitative estimate of drug-likeness (QED) is 0.379. The number of alkyl halides is 3. The average molecular weight is 404 g/mol. The number of aliphatic imine (C=N–C) groups is 1. The first-order chi connectivity index (χ1) is 13.8. The summed E-state index contributed by atoms with van der Waals surface area (Å²) in [5.41, 5.74) is 2.30. The van der Waals surface area contributed by atoms with Gasteiger partial charge in [0.15, 0.2) is 0 Å². The number of esters is 1. The van der Waals surface area contributed by atoms with Crippen LogP contribution in [0.15, 0.2) is 41.4 Å². The fraction of sp³-hybridized carbons (Fsp3) is 0.364. The van der Waals surface area contributed by atoms with Crippen molar-refractivity contribution in [3.63, 3.8) is 0 Å². The van der Waals surface area contributed by atoms with Crippen molar-refractivity contribution in [2.75, 3.05) is 13.1 Å². The number of benzene rings is 2. The minimum Gasteiger partial charge on any atom is -0.457 e. The van der Waals surface area contributed by atoms with Crippen LogP contribution in [-0.2, 0) is 17.5 Å². The molecule has 3 rings (SSSR count). The van der Waals surface area contributed by atoms with E-state index in [4.69, 9.17) is 4.74 Å². The Morgan fingerprint density at radius 1 is 1.14 bits per heavy atom. The van der Waals surface area contributed by atoms with Gasteiger partial charge < -0.3 is 9.64 Å². The Labute approximate surface area is 168 Å². The molecule has 1 saturated heterocycles. The second-order valence-electron chi connectivity index (χ2n) is 7.14. The summed E-state index contributed by atoms with van der Waals surface area (Å²) in [7, 11) is 0. The van der Waals surface area contributed by atoms with Crippen molar-refractivity contribution in [1.29, 1.82) is 0 Å². The van der Waals surface area contributed by atoms with Crippen molar-refractivity contribution >= 4 is 18.0 Å². The van der Waals surface area contributed by atoms with E-state index < -0.39 is 17.7 Å². The van der Waals surface area contributed by atoms with Crippen LogP contribution in [0.4, 0.5) is 18.9 Å².